The van der Waals surface area contributed by atoms with Crippen molar-refractivity contribution in [2.24, 2.45) is 0 Å². The third-order valence-electron chi connectivity index (χ3n) is 2.70. The molecule has 1 aliphatic heterocycles. The zero-order chi connectivity index (χ0) is 12.4. The quantitative estimate of drug-likeness (QED) is 0.819. The first-order valence-corrected chi connectivity index (χ1v) is 6.12. The molecule has 17 heavy (non-hydrogen) atoms. The van der Waals surface area contributed by atoms with E-state index >= 15 is 0 Å². The molecule has 92 valence electrons. The number of likely N-dealkylation sites (N-methyl/N-ethyl adjacent to an activating group) is 1. The van der Waals surface area contributed by atoms with E-state index < -0.39 is 5.97 Å². The van der Waals surface area contributed by atoms with Crippen LogP contribution in [-0.4, -0.2) is 65.0 Å². The molecule has 0 saturated carbocycles. The number of aromatic carboxylic acids is 1. The van der Waals surface area contributed by atoms with E-state index in [-0.39, 0.29) is 16.6 Å². The minimum Gasteiger partial charge on any atom is -0.476 e. The third kappa shape index (κ3) is 2.62. The lowest BCUT2D eigenvalue weighted by Gasteiger charge is -2.31. The molecule has 0 spiro atoms. The smallest absolute Gasteiger partial charge is 0.355 e. The first kappa shape index (κ1) is 12.0. The normalized spacial score (nSPS) is 17.1. The number of rotatable bonds is 2. The molecule has 2 heterocycles. The number of carbonyl (C=O) groups is 2. The van der Waals surface area contributed by atoms with E-state index in [1.807, 2.05) is 7.05 Å². The molecule has 0 bridgehead atoms. The number of hydrogen-bond donors (Lipinski definition) is 1. The highest BCUT2D eigenvalue weighted by molar-refractivity contribution is 7.11. The zero-order valence-electron chi connectivity index (χ0n) is 9.42. The van der Waals surface area contributed by atoms with E-state index in [0.29, 0.717) is 13.1 Å². The lowest BCUT2D eigenvalue weighted by Crippen LogP contribution is -2.47. The highest BCUT2D eigenvalue weighted by atomic mass is 32.1. The first-order valence-electron chi connectivity index (χ1n) is 5.24. The van der Waals surface area contributed by atoms with Crippen LogP contribution < -0.4 is 0 Å². The van der Waals surface area contributed by atoms with Crippen molar-refractivity contribution in [2.75, 3.05) is 33.2 Å². The Hall–Kier alpha value is -1.47. The van der Waals surface area contributed by atoms with E-state index in [1.165, 1.54) is 5.38 Å². The summed E-state index contributed by atoms with van der Waals surface area (Å²) in [6.07, 6.45) is 0. The van der Waals surface area contributed by atoms with Crippen LogP contribution in [0.25, 0.3) is 0 Å². The zero-order valence-corrected chi connectivity index (χ0v) is 10.2. The van der Waals surface area contributed by atoms with Crippen molar-refractivity contribution in [3.05, 3.63) is 16.1 Å². The minimum atomic E-state index is -1.10. The molecule has 1 aromatic heterocycles. The first-order chi connectivity index (χ1) is 8.08. The van der Waals surface area contributed by atoms with Gasteiger partial charge in [-0.3, -0.25) is 4.79 Å². The molecule has 7 heteroatoms. The maximum Gasteiger partial charge on any atom is 0.355 e. The molecule has 0 unspecified atom stereocenters. The van der Waals surface area contributed by atoms with Gasteiger partial charge in [-0.2, -0.15) is 0 Å². The van der Waals surface area contributed by atoms with Gasteiger partial charge in [-0.15, -0.1) is 11.3 Å². The summed E-state index contributed by atoms with van der Waals surface area (Å²) in [5, 5.41) is 10.4. The van der Waals surface area contributed by atoms with Crippen molar-refractivity contribution in [3.8, 4) is 0 Å². The van der Waals surface area contributed by atoms with Gasteiger partial charge in [0, 0.05) is 31.6 Å². The van der Waals surface area contributed by atoms with Crippen molar-refractivity contribution in [1.29, 1.82) is 0 Å². The van der Waals surface area contributed by atoms with Crippen molar-refractivity contribution >= 4 is 23.2 Å². The minimum absolute atomic E-state index is 0.0625. The maximum absolute atomic E-state index is 12.0. The van der Waals surface area contributed by atoms with Gasteiger partial charge in [-0.1, -0.05) is 0 Å². The Labute approximate surface area is 102 Å². The summed E-state index contributed by atoms with van der Waals surface area (Å²) >= 11 is 1.08. The molecular weight excluding hydrogens is 242 g/mol. The summed E-state index contributed by atoms with van der Waals surface area (Å²) in [6, 6.07) is 0. The summed E-state index contributed by atoms with van der Waals surface area (Å²) in [7, 11) is 2.01. The second-order valence-electron chi connectivity index (χ2n) is 3.94. The van der Waals surface area contributed by atoms with Crippen LogP contribution in [-0.2, 0) is 0 Å². The van der Waals surface area contributed by atoms with Gasteiger partial charge in [-0.05, 0) is 7.05 Å². The number of hydrogen-bond acceptors (Lipinski definition) is 5. The molecule has 2 rings (SSSR count). The second-order valence-corrected chi connectivity index (χ2v) is 4.80. The number of thiazole rings is 1. The number of aromatic nitrogens is 1. The molecule has 1 amide bonds. The van der Waals surface area contributed by atoms with Gasteiger partial charge in [0.25, 0.3) is 5.91 Å². The number of nitrogens with zero attached hydrogens (tertiary/aromatic N) is 3. The topological polar surface area (TPSA) is 73.7 Å². The molecule has 1 N–H and O–H groups in total. The van der Waals surface area contributed by atoms with Crippen LogP contribution in [0.1, 0.15) is 20.3 Å². The van der Waals surface area contributed by atoms with Crippen LogP contribution in [0.15, 0.2) is 5.38 Å². The van der Waals surface area contributed by atoms with E-state index in [4.69, 9.17) is 5.11 Å². The molecule has 6 nitrogen and oxygen atoms in total. The number of carbonyl (C=O) groups excluding carboxylic acids is 1. The van der Waals surface area contributed by atoms with Gasteiger partial charge in [0.05, 0.1) is 0 Å². The molecule has 1 aliphatic rings. The second kappa shape index (κ2) is 4.80. The van der Waals surface area contributed by atoms with E-state index in [2.05, 4.69) is 9.88 Å². The van der Waals surface area contributed by atoms with Crippen molar-refractivity contribution in [2.45, 2.75) is 0 Å². The molecule has 0 aliphatic carbocycles. The van der Waals surface area contributed by atoms with Crippen LogP contribution in [0.2, 0.25) is 0 Å². The molecule has 1 saturated heterocycles. The van der Waals surface area contributed by atoms with E-state index in [0.717, 1.165) is 24.4 Å². The average molecular weight is 255 g/mol. The highest BCUT2D eigenvalue weighted by Gasteiger charge is 2.23. The largest absolute Gasteiger partial charge is 0.476 e. The molecule has 0 atom stereocenters. The van der Waals surface area contributed by atoms with Gasteiger partial charge < -0.3 is 14.9 Å². The van der Waals surface area contributed by atoms with E-state index in [9.17, 15) is 9.59 Å². The summed E-state index contributed by atoms with van der Waals surface area (Å²) in [5.41, 5.74) is -0.0625. The summed E-state index contributed by atoms with van der Waals surface area (Å²) in [5.74, 6) is -1.27. The Morgan fingerprint density at radius 2 is 2.00 bits per heavy atom. The van der Waals surface area contributed by atoms with Crippen molar-refractivity contribution in [1.82, 2.24) is 14.8 Å². The van der Waals surface area contributed by atoms with Crippen LogP contribution in [0.5, 0.6) is 0 Å². The number of piperazine rings is 1. The van der Waals surface area contributed by atoms with Gasteiger partial charge in [0.2, 0.25) is 0 Å². The standard InChI is InChI=1S/C10H13N3O3S/c1-12-2-4-13(5-3-12)9(14)8-11-7(6-17-8)10(15)16/h6H,2-5H2,1H3,(H,15,16). The molecule has 0 radical (unpaired) electrons. The number of carboxylic acids is 1. The summed E-state index contributed by atoms with van der Waals surface area (Å²) < 4.78 is 0. The fourth-order valence-electron chi connectivity index (χ4n) is 1.61. The maximum atomic E-state index is 12.0. The Morgan fingerprint density at radius 1 is 1.35 bits per heavy atom. The van der Waals surface area contributed by atoms with Crippen LogP contribution in [0.4, 0.5) is 0 Å². The summed E-state index contributed by atoms with van der Waals surface area (Å²) in [4.78, 5) is 30.4. The fraction of sp³-hybridized carbons (Fsp3) is 0.500. The van der Waals surface area contributed by atoms with Crippen LogP contribution >= 0.6 is 11.3 Å². The van der Waals surface area contributed by atoms with Gasteiger partial charge in [-0.25, -0.2) is 9.78 Å². The van der Waals surface area contributed by atoms with Gasteiger partial charge in [0.1, 0.15) is 0 Å². The van der Waals surface area contributed by atoms with Gasteiger partial charge >= 0.3 is 5.97 Å². The predicted octanol–water partition coefficient (Wildman–Crippen LogP) is 0.229. The Kier molecular flexibility index (Phi) is 3.39. The Morgan fingerprint density at radius 3 is 2.53 bits per heavy atom. The Balaban J connectivity index is 2.06. The molecule has 1 fully saturated rings. The highest BCUT2D eigenvalue weighted by Crippen LogP contribution is 2.13. The van der Waals surface area contributed by atoms with Crippen LogP contribution in [0, 0.1) is 0 Å². The monoisotopic (exact) mass is 255 g/mol. The number of amides is 1. The predicted molar refractivity (Wildman–Crippen MR) is 62.5 cm³/mol. The lowest BCUT2D eigenvalue weighted by atomic mass is 10.3. The van der Waals surface area contributed by atoms with Gasteiger partial charge in [0.15, 0.2) is 10.7 Å². The Bertz CT molecular complexity index is 438. The molecular formula is C10H13N3O3S. The fourth-order valence-corrected chi connectivity index (χ4v) is 2.37. The third-order valence-corrected chi connectivity index (χ3v) is 3.53. The SMILES string of the molecule is CN1CCN(C(=O)c2nc(C(=O)O)cs2)CC1. The van der Waals surface area contributed by atoms with Crippen molar-refractivity contribution < 1.29 is 14.7 Å². The lowest BCUT2D eigenvalue weighted by molar-refractivity contribution is 0.0663. The van der Waals surface area contributed by atoms with E-state index in [1.54, 1.807) is 4.90 Å². The van der Waals surface area contributed by atoms with Crippen molar-refractivity contribution in [3.63, 3.8) is 0 Å². The average Bonchev–Trinajstić information content (AvgIpc) is 2.78. The molecule has 1 aromatic rings. The summed E-state index contributed by atoms with van der Waals surface area (Å²) in [6.45, 7) is 3.00. The molecule has 0 aromatic carbocycles. The van der Waals surface area contributed by atoms with Crippen LogP contribution in [0.3, 0.4) is 0 Å². The number of carboxylic acid groups (broad SMARTS) is 1.